The average molecular weight is 246 g/mol. The van der Waals surface area contributed by atoms with Gasteiger partial charge in [0, 0.05) is 18.7 Å². The molecule has 1 aliphatic rings. The number of hydrogen-bond donors (Lipinski definition) is 1. The first-order valence-corrected chi connectivity index (χ1v) is 6.63. The van der Waals surface area contributed by atoms with Crippen molar-refractivity contribution in [1.82, 2.24) is 4.90 Å². The summed E-state index contributed by atoms with van der Waals surface area (Å²) in [7, 11) is 0. The van der Waals surface area contributed by atoms with Crippen LogP contribution in [-0.2, 0) is 6.42 Å². The lowest BCUT2D eigenvalue weighted by atomic mass is 9.80. The number of hydrogen-bond acceptors (Lipinski definition) is 2. The van der Waals surface area contributed by atoms with Crippen LogP contribution in [-0.4, -0.2) is 29.4 Å². The average Bonchev–Trinajstić information content (AvgIpc) is 2.34. The molecule has 18 heavy (non-hydrogen) atoms. The zero-order valence-electron chi connectivity index (χ0n) is 11.4. The molecule has 0 radical (unpaired) electrons. The molecule has 1 aromatic rings. The minimum Gasteiger partial charge on any atom is -0.335 e. The van der Waals surface area contributed by atoms with Gasteiger partial charge in [-0.15, -0.1) is 0 Å². The van der Waals surface area contributed by atoms with E-state index in [0.29, 0.717) is 19.0 Å². The van der Waals surface area contributed by atoms with E-state index in [9.17, 15) is 4.79 Å². The standard InChI is InChI=1S/C15H22N2O/c1-4-12-5-7-13(8-6-12)14(18)17-9-15(16,10-17)11(2)3/h5-8,11H,4,9-10,16H2,1-3H3. The Hall–Kier alpha value is -1.35. The number of nitrogens with two attached hydrogens (primary N) is 1. The number of nitrogens with zero attached hydrogens (tertiary/aromatic N) is 1. The Morgan fingerprint density at radius 2 is 1.89 bits per heavy atom. The first-order chi connectivity index (χ1) is 8.46. The lowest BCUT2D eigenvalue weighted by molar-refractivity contribution is 0.0275. The van der Waals surface area contributed by atoms with Gasteiger partial charge in [0.05, 0.1) is 5.54 Å². The molecule has 1 saturated heterocycles. The number of carbonyl (C=O) groups excluding carboxylic acids is 1. The monoisotopic (exact) mass is 246 g/mol. The van der Waals surface area contributed by atoms with Crippen molar-refractivity contribution in [2.24, 2.45) is 11.7 Å². The van der Waals surface area contributed by atoms with E-state index in [0.717, 1.165) is 12.0 Å². The molecule has 0 aromatic heterocycles. The number of aryl methyl sites for hydroxylation is 1. The Bertz CT molecular complexity index is 430. The van der Waals surface area contributed by atoms with Gasteiger partial charge in [0.2, 0.25) is 0 Å². The van der Waals surface area contributed by atoms with E-state index in [1.807, 2.05) is 29.2 Å². The van der Waals surface area contributed by atoms with Crippen molar-refractivity contribution in [2.75, 3.05) is 13.1 Å². The molecule has 0 aliphatic carbocycles. The summed E-state index contributed by atoms with van der Waals surface area (Å²) in [6.07, 6.45) is 0.997. The van der Waals surface area contributed by atoms with Crippen LogP contribution in [0.15, 0.2) is 24.3 Å². The van der Waals surface area contributed by atoms with Gasteiger partial charge < -0.3 is 10.6 Å². The van der Waals surface area contributed by atoms with E-state index in [-0.39, 0.29) is 11.4 Å². The van der Waals surface area contributed by atoms with Crippen LogP contribution in [0, 0.1) is 5.92 Å². The second kappa shape index (κ2) is 4.73. The Balaban J connectivity index is 2.01. The molecule has 3 heteroatoms. The molecule has 2 rings (SSSR count). The van der Waals surface area contributed by atoms with Crippen LogP contribution in [0.2, 0.25) is 0 Å². The fourth-order valence-electron chi connectivity index (χ4n) is 2.24. The predicted molar refractivity (Wildman–Crippen MR) is 73.5 cm³/mol. The van der Waals surface area contributed by atoms with Crippen molar-refractivity contribution in [3.63, 3.8) is 0 Å². The van der Waals surface area contributed by atoms with Gasteiger partial charge in [-0.25, -0.2) is 0 Å². The van der Waals surface area contributed by atoms with E-state index in [2.05, 4.69) is 20.8 Å². The molecule has 1 fully saturated rings. The molecular weight excluding hydrogens is 224 g/mol. The fourth-order valence-corrected chi connectivity index (χ4v) is 2.24. The molecule has 0 unspecified atom stereocenters. The lowest BCUT2D eigenvalue weighted by Gasteiger charge is -2.50. The van der Waals surface area contributed by atoms with Crippen molar-refractivity contribution < 1.29 is 4.79 Å². The Kier molecular flexibility index (Phi) is 3.44. The highest BCUT2D eigenvalue weighted by atomic mass is 16.2. The minimum atomic E-state index is -0.195. The van der Waals surface area contributed by atoms with Gasteiger partial charge in [-0.3, -0.25) is 4.79 Å². The summed E-state index contributed by atoms with van der Waals surface area (Å²) in [6.45, 7) is 7.66. The SMILES string of the molecule is CCc1ccc(C(=O)N2CC(N)(C(C)C)C2)cc1. The molecule has 2 N–H and O–H groups in total. The molecular formula is C15H22N2O. The third kappa shape index (κ3) is 2.27. The van der Waals surface area contributed by atoms with Gasteiger partial charge in [0.15, 0.2) is 0 Å². The maximum atomic E-state index is 12.2. The van der Waals surface area contributed by atoms with Gasteiger partial charge in [-0.05, 0) is 30.0 Å². The van der Waals surface area contributed by atoms with Crippen LogP contribution < -0.4 is 5.73 Å². The number of benzene rings is 1. The highest BCUT2D eigenvalue weighted by molar-refractivity contribution is 5.95. The Morgan fingerprint density at radius 3 is 2.33 bits per heavy atom. The summed E-state index contributed by atoms with van der Waals surface area (Å²) in [5.41, 5.74) is 8.03. The molecule has 0 bridgehead atoms. The molecule has 1 heterocycles. The van der Waals surface area contributed by atoms with Crippen molar-refractivity contribution in [3.05, 3.63) is 35.4 Å². The topological polar surface area (TPSA) is 46.3 Å². The number of likely N-dealkylation sites (tertiary alicyclic amines) is 1. The van der Waals surface area contributed by atoms with Crippen LogP contribution in [0.1, 0.15) is 36.7 Å². The summed E-state index contributed by atoms with van der Waals surface area (Å²) < 4.78 is 0. The smallest absolute Gasteiger partial charge is 0.253 e. The van der Waals surface area contributed by atoms with Crippen LogP contribution in [0.4, 0.5) is 0 Å². The van der Waals surface area contributed by atoms with Crippen LogP contribution >= 0.6 is 0 Å². The maximum absolute atomic E-state index is 12.2. The van der Waals surface area contributed by atoms with Crippen molar-refractivity contribution in [1.29, 1.82) is 0 Å². The predicted octanol–water partition coefficient (Wildman–Crippen LogP) is 2.06. The summed E-state index contributed by atoms with van der Waals surface area (Å²) in [4.78, 5) is 14.0. The van der Waals surface area contributed by atoms with Crippen molar-refractivity contribution in [3.8, 4) is 0 Å². The van der Waals surface area contributed by atoms with E-state index < -0.39 is 0 Å². The quantitative estimate of drug-likeness (QED) is 0.887. The minimum absolute atomic E-state index is 0.0966. The molecule has 1 aromatic carbocycles. The number of carbonyl (C=O) groups is 1. The summed E-state index contributed by atoms with van der Waals surface area (Å²) in [6, 6.07) is 7.86. The zero-order valence-corrected chi connectivity index (χ0v) is 11.4. The fraction of sp³-hybridized carbons (Fsp3) is 0.533. The summed E-state index contributed by atoms with van der Waals surface area (Å²) in [5, 5.41) is 0. The zero-order chi connectivity index (χ0) is 13.3. The van der Waals surface area contributed by atoms with Crippen LogP contribution in [0.5, 0.6) is 0 Å². The highest BCUT2D eigenvalue weighted by Gasteiger charge is 2.44. The third-order valence-corrected chi connectivity index (χ3v) is 4.02. The Morgan fingerprint density at radius 1 is 1.33 bits per heavy atom. The molecule has 1 aliphatic heterocycles. The van der Waals surface area contributed by atoms with Crippen molar-refractivity contribution in [2.45, 2.75) is 32.7 Å². The molecule has 0 spiro atoms. The van der Waals surface area contributed by atoms with E-state index in [1.165, 1.54) is 5.56 Å². The van der Waals surface area contributed by atoms with Crippen LogP contribution in [0.3, 0.4) is 0 Å². The normalized spacial score (nSPS) is 17.7. The van der Waals surface area contributed by atoms with Gasteiger partial charge in [-0.2, -0.15) is 0 Å². The first kappa shape index (κ1) is 13.1. The molecule has 98 valence electrons. The van der Waals surface area contributed by atoms with Gasteiger partial charge in [-0.1, -0.05) is 32.9 Å². The van der Waals surface area contributed by atoms with Gasteiger partial charge in [0.25, 0.3) is 5.91 Å². The molecule has 1 amide bonds. The van der Waals surface area contributed by atoms with Gasteiger partial charge in [0.1, 0.15) is 0 Å². The van der Waals surface area contributed by atoms with E-state index in [4.69, 9.17) is 5.73 Å². The third-order valence-electron chi connectivity index (χ3n) is 4.02. The van der Waals surface area contributed by atoms with Crippen LogP contribution in [0.25, 0.3) is 0 Å². The lowest BCUT2D eigenvalue weighted by Crippen LogP contribution is -2.71. The van der Waals surface area contributed by atoms with Crippen molar-refractivity contribution >= 4 is 5.91 Å². The first-order valence-electron chi connectivity index (χ1n) is 6.63. The summed E-state index contributed by atoms with van der Waals surface area (Å²) in [5.74, 6) is 0.503. The largest absolute Gasteiger partial charge is 0.335 e. The number of rotatable bonds is 3. The maximum Gasteiger partial charge on any atom is 0.253 e. The Labute approximate surface area is 109 Å². The molecule has 3 nitrogen and oxygen atoms in total. The summed E-state index contributed by atoms with van der Waals surface area (Å²) >= 11 is 0. The number of amides is 1. The van der Waals surface area contributed by atoms with E-state index in [1.54, 1.807) is 0 Å². The second-order valence-corrected chi connectivity index (χ2v) is 5.60. The molecule has 0 atom stereocenters. The second-order valence-electron chi connectivity index (χ2n) is 5.60. The van der Waals surface area contributed by atoms with Gasteiger partial charge >= 0.3 is 0 Å². The highest BCUT2D eigenvalue weighted by Crippen LogP contribution is 2.27. The van der Waals surface area contributed by atoms with E-state index >= 15 is 0 Å². The molecule has 0 saturated carbocycles.